The SMILES string of the molecule is COc1ccc(-c2ncc(CO)n2C)c(OC)c1. The largest absolute Gasteiger partial charge is 0.497 e. The first kappa shape index (κ1) is 12.4. The molecule has 0 aliphatic rings. The molecule has 0 amide bonds. The van der Waals surface area contributed by atoms with Crippen molar-refractivity contribution in [3.8, 4) is 22.9 Å². The second-order valence-corrected chi connectivity index (χ2v) is 3.86. The smallest absolute Gasteiger partial charge is 0.143 e. The van der Waals surface area contributed by atoms with Crippen molar-refractivity contribution in [3.05, 3.63) is 30.1 Å². The van der Waals surface area contributed by atoms with Crippen molar-refractivity contribution in [2.75, 3.05) is 14.2 Å². The first-order valence-corrected chi connectivity index (χ1v) is 5.55. The van der Waals surface area contributed by atoms with Crippen LogP contribution in [0.1, 0.15) is 5.69 Å². The number of aromatic nitrogens is 2. The Morgan fingerprint density at radius 3 is 2.61 bits per heavy atom. The fourth-order valence-corrected chi connectivity index (χ4v) is 1.83. The van der Waals surface area contributed by atoms with Gasteiger partial charge in [-0.1, -0.05) is 0 Å². The molecule has 1 aromatic heterocycles. The second kappa shape index (κ2) is 5.10. The van der Waals surface area contributed by atoms with Gasteiger partial charge in [0.2, 0.25) is 0 Å². The number of aliphatic hydroxyl groups excluding tert-OH is 1. The van der Waals surface area contributed by atoms with Gasteiger partial charge in [0.1, 0.15) is 17.3 Å². The molecule has 0 saturated carbocycles. The molecule has 0 radical (unpaired) electrons. The summed E-state index contributed by atoms with van der Waals surface area (Å²) in [5, 5.41) is 9.18. The standard InChI is InChI=1S/C13H16N2O3/c1-15-9(8-16)7-14-13(15)11-5-4-10(17-2)6-12(11)18-3/h4-7,16H,8H2,1-3H3. The maximum absolute atomic E-state index is 9.18. The van der Waals surface area contributed by atoms with E-state index in [-0.39, 0.29) is 6.61 Å². The van der Waals surface area contributed by atoms with Crippen molar-refractivity contribution in [2.24, 2.45) is 7.05 Å². The third kappa shape index (κ3) is 2.04. The molecule has 0 fully saturated rings. The number of hydrogen-bond acceptors (Lipinski definition) is 4. The fraction of sp³-hybridized carbons (Fsp3) is 0.308. The Morgan fingerprint density at radius 1 is 1.28 bits per heavy atom. The zero-order valence-electron chi connectivity index (χ0n) is 10.7. The summed E-state index contributed by atoms with van der Waals surface area (Å²) < 4.78 is 12.3. The summed E-state index contributed by atoms with van der Waals surface area (Å²) in [7, 11) is 5.07. The number of hydrogen-bond donors (Lipinski definition) is 1. The van der Waals surface area contributed by atoms with Gasteiger partial charge in [-0.05, 0) is 12.1 Å². The van der Waals surface area contributed by atoms with Crippen LogP contribution < -0.4 is 9.47 Å². The maximum atomic E-state index is 9.18. The molecule has 1 heterocycles. The highest BCUT2D eigenvalue weighted by molar-refractivity contribution is 5.66. The molecule has 1 N–H and O–H groups in total. The van der Waals surface area contributed by atoms with E-state index in [0.717, 1.165) is 22.8 Å². The quantitative estimate of drug-likeness (QED) is 0.892. The van der Waals surface area contributed by atoms with Crippen molar-refractivity contribution >= 4 is 0 Å². The first-order valence-electron chi connectivity index (χ1n) is 5.55. The number of ether oxygens (including phenoxy) is 2. The van der Waals surface area contributed by atoms with Crippen LogP contribution >= 0.6 is 0 Å². The molecule has 96 valence electrons. The number of aliphatic hydroxyl groups is 1. The molecule has 0 aliphatic heterocycles. The minimum Gasteiger partial charge on any atom is -0.497 e. The molecule has 0 bridgehead atoms. The van der Waals surface area contributed by atoms with Crippen molar-refractivity contribution in [1.29, 1.82) is 0 Å². The normalized spacial score (nSPS) is 10.4. The van der Waals surface area contributed by atoms with Gasteiger partial charge < -0.3 is 19.1 Å². The van der Waals surface area contributed by atoms with Crippen molar-refractivity contribution in [2.45, 2.75) is 6.61 Å². The van der Waals surface area contributed by atoms with E-state index >= 15 is 0 Å². The van der Waals surface area contributed by atoms with Gasteiger partial charge in [0, 0.05) is 13.1 Å². The fourth-order valence-electron chi connectivity index (χ4n) is 1.83. The molecular formula is C13H16N2O3. The minimum absolute atomic E-state index is 0.0397. The molecule has 2 aromatic rings. The van der Waals surface area contributed by atoms with E-state index < -0.39 is 0 Å². The van der Waals surface area contributed by atoms with E-state index in [1.54, 1.807) is 20.4 Å². The van der Waals surface area contributed by atoms with Gasteiger partial charge in [-0.25, -0.2) is 4.98 Å². The van der Waals surface area contributed by atoms with Gasteiger partial charge in [-0.3, -0.25) is 0 Å². The van der Waals surface area contributed by atoms with E-state index in [9.17, 15) is 5.11 Å². The summed E-state index contributed by atoms with van der Waals surface area (Å²) in [4.78, 5) is 4.30. The van der Waals surface area contributed by atoms with Gasteiger partial charge in [0.05, 0.1) is 38.3 Å². The lowest BCUT2D eigenvalue weighted by molar-refractivity contribution is 0.273. The summed E-state index contributed by atoms with van der Waals surface area (Å²) in [5.41, 5.74) is 1.61. The van der Waals surface area contributed by atoms with Crippen LogP contribution in [0, 0.1) is 0 Å². The van der Waals surface area contributed by atoms with Gasteiger partial charge in [0.15, 0.2) is 0 Å². The number of imidazole rings is 1. The molecule has 0 unspecified atom stereocenters. The summed E-state index contributed by atoms with van der Waals surface area (Å²) >= 11 is 0. The zero-order chi connectivity index (χ0) is 13.1. The van der Waals surface area contributed by atoms with Crippen LogP contribution in [0.15, 0.2) is 24.4 Å². The highest BCUT2D eigenvalue weighted by Crippen LogP contribution is 2.32. The Balaban J connectivity index is 2.52. The van der Waals surface area contributed by atoms with E-state index in [2.05, 4.69) is 4.98 Å². The molecule has 5 heteroatoms. The van der Waals surface area contributed by atoms with Crippen LogP contribution in [0.4, 0.5) is 0 Å². The topological polar surface area (TPSA) is 56.5 Å². The van der Waals surface area contributed by atoms with Crippen LogP contribution in [0.3, 0.4) is 0 Å². The lowest BCUT2D eigenvalue weighted by Gasteiger charge is -2.10. The number of methoxy groups -OCH3 is 2. The summed E-state index contributed by atoms with van der Waals surface area (Å²) in [6, 6.07) is 5.55. The predicted molar refractivity (Wildman–Crippen MR) is 67.7 cm³/mol. The highest BCUT2D eigenvalue weighted by Gasteiger charge is 2.13. The van der Waals surface area contributed by atoms with Crippen LogP contribution in [0.2, 0.25) is 0 Å². The van der Waals surface area contributed by atoms with Crippen LogP contribution in [-0.2, 0) is 13.7 Å². The molecule has 2 rings (SSSR count). The zero-order valence-corrected chi connectivity index (χ0v) is 10.7. The van der Waals surface area contributed by atoms with Crippen molar-refractivity contribution < 1.29 is 14.6 Å². The molecule has 0 spiro atoms. The molecule has 5 nitrogen and oxygen atoms in total. The Labute approximate surface area is 106 Å². The maximum Gasteiger partial charge on any atom is 0.143 e. The molecule has 18 heavy (non-hydrogen) atoms. The van der Waals surface area contributed by atoms with E-state index in [1.165, 1.54) is 0 Å². The molecular weight excluding hydrogens is 232 g/mol. The number of nitrogens with zero attached hydrogens (tertiary/aromatic N) is 2. The number of benzene rings is 1. The Kier molecular flexibility index (Phi) is 3.53. The predicted octanol–water partition coefficient (Wildman–Crippen LogP) is 1.60. The first-order chi connectivity index (χ1) is 8.71. The van der Waals surface area contributed by atoms with Gasteiger partial charge >= 0.3 is 0 Å². The lowest BCUT2D eigenvalue weighted by atomic mass is 10.1. The van der Waals surface area contributed by atoms with Gasteiger partial charge in [-0.15, -0.1) is 0 Å². The summed E-state index contributed by atoms with van der Waals surface area (Å²) in [6.45, 7) is -0.0397. The summed E-state index contributed by atoms with van der Waals surface area (Å²) in [5.74, 6) is 2.17. The lowest BCUT2D eigenvalue weighted by Crippen LogP contribution is -2.00. The van der Waals surface area contributed by atoms with E-state index in [4.69, 9.17) is 9.47 Å². The Morgan fingerprint density at radius 2 is 2.06 bits per heavy atom. The Hall–Kier alpha value is -2.01. The Bertz CT molecular complexity index is 549. The van der Waals surface area contributed by atoms with E-state index in [0.29, 0.717) is 5.75 Å². The third-order valence-electron chi connectivity index (χ3n) is 2.90. The average Bonchev–Trinajstić information content (AvgIpc) is 2.78. The van der Waals surface area contributed by atoms with Crippen LogP contribution in [-0.4, -0.2) is 28.9 Å². The molecule has 1 aromatic carbocycles. The van der Waals surface area contributed by atoms with Crippen LogP contribution in [0.25, 0.3) is 11.4 Å². The molecule has 0 saturated heterocycles. The van der Waals surface area contributed by atoms with Gasteiger partial charge in [-0.2, -0.15) is 0 Å². The third-order valence-corrected chi connectivity index (χ3v) is 2.90. The molecule has 0 aliphatic carbocycles. The van der Waals surface area contributed by atoms with Crippen molar-refractivity contribution in [1.82, 2.24) is 9.55 Å². The highest BCUT2D eigenvalue weighted by atomic mass is 16.5. The van der Waals surface area contributed by atoms with Crippen molar-refractivity contribution in [3.63, 3.8) is 0 Å². The van der Waals surface area contributed by atoms with E-state index in [1.807, 2.05) is 29.8 Å². The monoisotopic (exact) mass is 248 g/mol. The van der Waals surface area contributed by atoms with Crippen LogP contribution in [0.5, 0.6) is 11.5 Å². The average molecular weight is 248 g/mol. The number of rotatable bonds is 4. The molecule has 0 atom stereocenters. The van der Waals surface area contributed by atoms with Gasteiger partial charge in [0.25, 0.3) is 0 Å². The minimum atomic E-state index is -0.0397. The summed E-state index contributed by atoms with van der Waals surface area (Å²) in [6.07, 6.45) is 1.65. The second-order valence-electron chi connectivity index (χ2n) is 3.86.